The molecule has 100 valence electrons. The number of fused-ring (bicyclic) bond motifs is 1. The maximum atomic E-state index is 11.4. The Bertz CT molecular complexity index is 855. The van der Waals surface area contributed by atoms with E-state index in [1.54, 1.807) is 24.4 Å². The lowest BCUT2D eigenvalue weighted by Gasteiger charge is -1.99. The lowest BCUT2D eigenvalue weighted by Crippen LogP contribution is -2.06. The Hall–Kier alpha value is -2.61. The molecule has 3 rings (SSSR count). The molecule has 7 nitrogen and oxygen atoms in total. The summed E-state index contributed by atoms with van der Waals surface area (Å²) < 4.78 is 1.48. The van der Waals surface area contributed by atoms with Crippen LogP contribution in [0.15, 0.2) is 51.6 Å². The number of imidazole rings is 1. The van der Waals surface area contributed by atoms with Gasteiger partial charge in [-0.1, -0.05) is 6.07 Å². The molecule has 0 fully saturated rings. The monoisotopic (exact) mass is 288 g/mol. The molecule has 0 saturated heterocycles. The molecular formula is C12H8N4O3S. The Morgan fingerprint density at radius 1 is 1.35 bits per heavy atom. The minimum absolute atomic E-state index is 0.0390. The minimum Gasteiger partial charge on any atom is -0.476 e. The molecule has 3 heterocycles. The zero-order valence-electron chi connectivity index (χ0n) is 9.98. The van der Waals surface area contributed by atoms with Crippen LogP contribution in [0.5, 0.6) is 0 Å². The van der Waals surface area contributed by atoms with Crippen molar-refractivity contribution in [1.29, 1.82) is 0 Å². The number of carboxylic acids is 1. The largest absolute Gasteiger partial charge is 0.476 e. The number of hydrogen-bond acceptors (Lipinski definition) is 5. The van der Waals surface area contributed by atoms with Crippen molar-refractivity contribution in [3.63, 3.8) is 0 Å². The molecule has 0 aromatic carbocycles. The number of carboxylic acid groups (broad SMARTS) is 1. The predicted octanol–water partition coefficient (Wildman–Crippen LogP) is 1.27. The number of nitrogens with one attached hydrogen (secondary N) is 1. The second-order valence-electron chi connectivity index (χ2n) is 3.84. The minimum atomic E-state index is -1.09. The first-order chi connectivity index (χ1) is 9.65. The van der Waals surface area contributed by atoms with Gasteiger partial charge in [0.05, 0.1) is 0 Å². The number of aromatic nitrogens is 4. The Morgan fingerprint density at radius 2 is 2.20 bits per heavy atom. The second kappa shape index (κ2) is 4.82. The molecule has 3 aromatic rings. The number of hydrogen-bond donors (Lipinski definition) is 2. The van der Waals surface area contributed by atoms with Gasteiger partial charge < -0.3 is 10.1 Å². The van der Waals surface area contributed by atoms with Gasteiger partial charge in [-0.05, 0) is 23.9 Å². The van der Waals surface area contributed by atoms with Crippen molar-refractivity contribution >= 4 is 23.4 Å². The first kappa shape index (κ1) is 12.4. The van der Waals surface area contributed by atoms with Crippen molar-refractivity contribution in [2.45, 2.75) is 10.2 Å². The van der Waals surface area contributed by atoms with E-state index in [4.69, 9.17) is 0 Å². The molecular weight excluding hydrogens is 280 g/mol. The van der Waals surface area contributed by atoms with Gasteiger partial charge in [-0.3, -0.25) is 9.20 Å². The number of H-pyrrole nitrogens is 1. The van der Waals surface area contributed by atoms with Crippen LogP contribution in [0, 0.1) is 0 Å². The topological polar surface area (TPSA) is 100 Å². The van der Waals surface area contributed by atoms with E-state index >= 15 is 0 Å². The highest BCUT2D eigenvalue weighted by molar-refractivity contribution is 7.99. The highest BCUT2D eigenvalue weighted by Gasteiger charge is 2.19. The van der Waals surface area contributed by atoms with Crippen LogP contribution in [0.3, 0.4) is 0 Å². The molecule has 0 bridgehead atoms. The molecule has 0 radical (unpaired) electrons. The lowest BCUT2D eigenvalue weighted by atomic mass is 10.4. The molecule has 0 amide bonds. The Morgan fingerprint density at radius 3 is 2.95 bits per heavy atom. The quantitative estimate of drug-likeness (QED) is 0.704. The summed E-state index contributed by atoms with van der Waals surface area (Å²) in [6.07, 6.45) is 2.98. The SMILES string of the molecule is O=C(O)c1c(Sc2nccc(=O)[nH]2)nc2ccccn12. The smallest absolute Gasteiger partial charge is 0.355 e. The van der Waals surface area contributed by atoms with E-state index < -0.39 is 5.97 Å². The Kier molecular flexibility index (Phi) is 2.99. The van der Waals surface area contributed by atoms with Crippen molar-refractivity contribution in [3.8, 4) is 0 Å². The molecule has 0 saturated carbocycles. The van der Waals surface area contributed by atoms with Gasteiger partial charge in [0.25, 0.3) is 5.56 Å². The van der Waals surface area contributed by atoms with E-state index in [0.717, 1.165) is 11.8 Å². The maximum absolute atomic E-state index is 11.4. The first-order valence-corrected chi connectivity index (χ1v) is 6.40. The molecule has 0 aliphatic carbocycles. The maximum Gasteiger partial charge on any atom is 0.355 e. The van der Waals surface area contributed by atoms with Crippen LogP contribution in [0.4, 0.5) is 0 Å². The molecule has 0 unspecified atom stereocenters. The van der Waals surface area contributed by atoms with Gasteiger partial charge in [0.2, 0.25) is 0 Å². The van der Waals surface area contributed by atoms with E-state index in [0.29, 0.717) is 10.8 Å². The predicted molar refractivity (Wildman–Crippen MR) is 71.1 cm³/mol. The molecule has 0 spiro atoms. The highest BCUT2D eigenvalue weighted by atomic mass is 32.2. The van der Waals surface area contributed by atoms with Crippen LogP contribution >= 0.6 is 11.8 Å². The zero-order valence-corrected chi connectivity index (χ0v) is 10.8. The van der Waals surface area contributed by atoms with Gasteiger partial charge in [0.1, 0.15) is 10.7 Å². The number of aromatic carboxylic acids is 1. The fraction of sp³-hybridized carbons (Fsp3) is 0. The number of nitrogens with zero attached hydrogens (tertiary/aromatic N) is 3. The summed E-state index contributed by atoms with van der Waals surface area (Å²) in [6.45, 7) is 0. The molecule has 20 heavy (non-hydrogen) atoms. The summed E-state index contributed by atoms with van der Waals surface area (Å²) in [5, 5.41) is 9.89. The average Bonchev–Trinajstić information content (AvgIpc) is 2.76. The fourth-order valence-corrected chi connectivity index (χ4v) is 2.61. The van der Waals surface area contributed by atoms with Crippen LogP contribution in [0.2, 0.25) is 0 Å². The third-order valence-corrected chi connectivity index (χ3v) is 3.42. The van der Waals surface area contributed by atoms with E-state index in [1.165, 1.54) is 16.7 Å². The van der Waals surface area contributed by atoms with E-state index in [-0.39, 0.29) is 16.3 Å². The summed E-state index contributed by atoms with van der Waals surface area (Å²) in [4.78, 5) is 33.3. The molecule has 0 aliphatic heterocycles. The van der Waals surface area contributed by atoms with Crippen LogP contribution < -0.4 is 5.56 Å². The first-order valence-electron chi connectivity index (χ1n) is 5.59. The summed E-state index contributed by atoms with van der Waals surface area (Å²) in [7, 11) is 0. The fourth-order valence-electron chi connectivity index (χ4n) is 1.74. The van der Waals surface area contributed by atoms with Crippen molar-refractivity contribution in [2.75, 3.05) is 0 Å². The normalized spacial score (nSPS) is 10.8. The van der Waals surface area contributed by atoms with Gasteiger partial charge in [-0.15, -0.1) is 0 Å². The molecule has 8 heteroatoms. The van der Waals surface area contributed by atoms with Gasteiger partial charge in [-0.2, -0.15) is 0 Å². The van der Waals surface area contributed by atoms with Gasteiger partial charge >= 0.3 is 5.97 Å². The van der Waals surface area contributed by atoms with E-state index in [2.05, 4.69) is 15.0 Å². The van der Waals surface area contributed by atoms with Gasteiger partial charge in [-0.25, -0.2) is 14.8 Å². The second-order valence-corrected chi connectivity index (χ2v) is 4.82. The van der Waals surface area contributed by atoms with E-state index in [1.807, 2.05) is 0 Å². The van der Waals surface area contributed by atoms with Crippen LogP contribution in [0.25, 0.3) is 5.65 Å². The molecule has 2 N–H and O–H groups in total. The number of aromatic amines is 1. The van der Waals surface area contributed by atoms with Crippen molar-refractivity contribution in [3.05, 3.63) is 52.7 Å². The third kappa shape index (κ3) is 2.16. The summed E-state index contributed by atoms with van der Waals surface area (Å²) in [6, 6.07) is 6.48. The summed E-state index contributed by atoms with van der Waals surface area (Å²) in [5.74, 6) is -1.09. The van der Waals surface area contributed by atoms with Crippen molar-refractivity contribution in [1.82, 2.24) is 19.4 Å². The average molecular weight is 288 g/mol. The molecule has 0 aliphatic rings. The standard InChI is InChI=1S/C12H8N4O3S/c17-8-4-5-13-12(15-8)20-10-9(11(18)19)16-6-2-1-3-7(16)14-10/h1-6H,(H,18,19)(H,13,15,17). The van der Waals surface area contributed by atoms with Gasteiger partial charge in [0.15, 0.2) is 10.9 Å². The third-order valence-electron chi connectivity index (χ3n) is 2.54. The van der Waals surface area contributed by atoms with Gasteiger partial charge in [0, 0.05) is 18.5 Å². The Balaban J connectivity index is 2.13. The van der Waals surface area contributed by atoms with Crippen molar-refractivity contribution in [2.24, 2.45) is 0 Å². The van der Waals surface area contributed by atoms with Crippen LogP contribution in [-0.2, 0) is 0 Å². The van der Waals surface area contributed by atoms with Crippen LogP contribution in [-0.4, -0.2) is 30.4 Å². The number of rotatable bonds is 3. The summed E-state index contributed by atoms with van der Waals surface area (Å²) >= 11 is 1.00. The molecule has 0 atom stereocenters. The highest BCUT2D eigenvalue weighted by Crippen LogP contribution is 2.27. The Labute approximate surface area is 116 Å². The summed E-state index contributed by atoms with van der Waals surface area (Å²) in [5.41, 5.74) is 0.255. The zero-order chi connectivity index (χ0) is 14.1. The lowest BCUT2D eigenvalue weighted by molar-refractivity contribution is 0.0685. The van der Waals surface area contributed by atoms with Crippen molar-refractivity contribution < 1.29 is 9.90 Å². The van der Waals surface area contributed by atoms with Crippen LogP contribution in [0.1, 0.15) is 10.5 Å². The number of pyridine rings is 1. The van der Waals surface area contributed by atoms with E-state index in [9.17, 15) is 14.7 Å². The number of carbonyl (C=O) groups is 1. The molecule has 3 aromatic heterocycles.